The summed E-state index contributed by atoms with van der Waals surface area (Å²) in [6.07, 6.45) is 20.4. The number of unbranched alkanes of at least 4 members (excludes halogenated alkanes) is 11. The lowest BCUT2D eigenvalue weighted by molar-refractivity contribution is 0.198. The number of nitrogens with zero attached hydrogens (tertiary/aromatic N) is 1. The van der Waals surface area contributed by atoms with Crippen molar-refractivity contribution in [1.82, 2.24) is 4.90 Å². The molecule has 0 heterocycles. The van der Waals surface area contributed by atoms with Crippen LogP contribution in [0.15, 0.2) is 12.3 Å². The monoisotopic (exact) mass is 313 g/mol. The molecule has 2 N–H and O–H groups in total. The van der Waals surface area contributed by atoms with Gasteiger partial charge in [0.15, 0.2) is 0 Å². The van der Waals surface area contributed by atoms with Crippen LogP contribution < -0.4 is 0 Å². The molecule has 0 spiro atoms. The van der Waals surface area contributed by atoms with E-state index in [-0.39, 0.29) is 13.2 Å². The molecular formula is C19H39NO2. The molecule has 0 aliphatic carbocycles. The minimum Gasteiger partial charge on any atom is -0.395 e. The van der Waals surface area contributed by atoms with Gasteiger partial charge in [-0.2, -0.15) is 0 Å². The van der Waals surface area contributed by atoms with E-state index in [0.29, 0.717) is 13.1 Å². The highest BCUT2D eigenvalue weighted by molar-refractivity contribution is 4.82. The van der Waals surface area contributed by atoms with Crippen molar-refractivity contribution in [2.45, 2.75) is 84.0 Å². The molecule has 22 heavy (non-hydrogen) atoms. The van der Waals surface area contributed by atoms with Crippen molar-refractivity contribution in [2.75, 3.05) is 26.3 Å². The highest BCUT2D eigenvalue weighted by atomic mass is 16.3. The van der Waals surface area contributed by atoms with E-state index in [1.165, 1.54) is 70.6 Å². The summed E-state index contributed by atoms with van der Waals surface area (Å²) in [5, 5.41) is 17.8. The fourth-order valence-corrected chi connectivity index (χ4v) is 2.67. The molecule has 0 amide bonds. The molecule has 0 fully saturated rings. The molecular weight excluding hydrogens is 274 g/mol. The first-order valence-corrected chi connectivity index (χ1v) is 9.47. The van der Waals surface area contributed by atoms with Gasteiger partial charge in [-0.1, -0.05) is 77.2 Å². The highest BCUT2D eigenvalue weighted by Gasteiger charge is 1.96. The predicted molar refractivity (Wildman–Crippen MR) is 96.0 cm³/mol. The second kappa shape index (κ2) is 18.5. The molecule has 0 bridgehead atoms. The third-order valence-electron chi connectivity index (χ3n) is 4.06. The topological polar surface area (TPSA) is 43.7 Å². The Kier molecular flexibility index (Phi) is 18.1. The molecule has 0 unspecified atom stereocenters. The summed E-state index contributed by atoms with van der Waals surface area (Å²) in [4.78, 5) is 1.97. The van der Waals surface area contributed by atoms with Gasteiger partial charge in [0.1, 0.15) is 0 Å². The van der Waals surface area contributed by atoms with E-state index in [4.69, 9.17) is 10.2 Å². The maximum absolute atomic E-state index is 8.91. The zero-order valence-corrected chi connectivity index (χ0v) is 14.8. The van der Waals surface area contributed by atoms with Crippen LogP contribution in [0.1, 0.15) is 84.0 Å². The molecule has 3 nitrogen and oxygen atoms in total. The Morgan fingerprint density at radius 2 is 1.14 bits per heavy atom. The molecule has 0 saturated heterocycles. The quantitative estimate of drug-likeness (QED) is 0.389. The lowest BCUT2D eigenvalue weighted by atomic mass is 10.1. The zero-order valence-electron chi connectivity index (χ0n) is 14.8. The van der Waals surface area contributed by atoms with Crippen molar-refractivity contribution in [3.63, 3.8) is 0 Å². The van der Waals surface area contributed by atoms with Gasteiger partial charge in [0.05, 0.1) is 13.2 Å². The summed E-state index contributed by atoms with van der Waals surface area (Å²) in [7, 11) is 0. The molecule has 0 atom stereocenters. The molecule has 0 aromatic heterocycles. The van der Waals surface area contributed by atoms with Gasteiger partial charge in [0, 0.05) is 13.1 Å². The van der Waals surface area contributed by atoms with Crippen molar-refractivity contribution in [1.29, 1.82) is 0 Å². The second-order valence-corrected chi connectivity index (χ2v) is 6.19. The average Bonchev–Trinajstić information content (AvgIpc) is 2.52. The van der Waals surface area contributed by atoms with Crippen molar-refractivity contribution in [3.8, 4) is 0 Å². The lowest BCUT2D eigenvalue weighted by Crippen LogP contribution is -2.24. The third-order valence-corrected chi connectivity index (χ3v) is 4.06. The minimum atomic E-state index is 0.142. The highest BCUT2D eigenvalue weighted by Crippen LogP contribution is 2.12. The van der Waals surface area contributed by atoms with E-state index in [1.807, 2.05) is 11.1 Å². The third kappa shape index (κ3) is 15.8. The Morgan fingerprint density at radius 3 is 1.59 bits per heavy atom. The number of aliphatic hydroxyl groups is 2. The van der Waals surface area contributed by atoms with Gasteiger partial charge in [0.25, 0.3) is 0 Å². The summed E-state index contributed by atoms with van der Waals surface area (Å²) in [6, 6.07) is 0. The SMILES string of the molecule is CCCCCCCCCCCCC/C=C/N(CCO)CCO. The van der Waals surface area contributed by atoms with Crippen molar-refractivity contribution < 1.29 is 10.2 Å². The fraction of sp³-hybridized carbons (Fsp3) is 0.895. The van der Waals surface area contributed by atoms with E-state index >= 15 is 0 Å². The second-order valence-electron chi connectivity index (χ2n) is 6.19. The van der Waals surface area contributed by atoms with Gasteiger partial charge in [-0.25, -0.2) is 0 Å². The molecule has 0 saturated carbocycles. The Hall–Kier alpha value is -0.540. The maximum atomic E-state index is 8.91. The van der Waals surface area contributed by atoms with E-state index in [2.05, 4.69) is 13.0 Å². The molecule has 132 valence electrons. The number of aliphatic hydroxyl groups excluding tert-OH is 2. The first kappa shape index (κ1) is 21.5. The van der Waals surface area contributed by atoms with Crippen LogP contribution in [0.3, 0.4) is 0 Å². The van der Waals surface area contributed by atoms with Crippen LogP contribution in [-0.4, -0.2) is 41.4 Å². The number of rotatable bonds is 17. The van der Waals surface area contributed by atoms with E-state index in [1.54, 1.807) is 0 Å². The van der Waals surface area contributed by atoms with Gasteiger partial charge in [-0.3, -0.25) is 0 Å². The van der Waals surface area contributed by atoms with Crippen LogP contribution in [-0.2, 0) is 0 Å². The van der Waals surface area contributed by atoms with Crippen LogP contribution in [0.5, 0.6) is 0 Å². The van der Waals surface area contributed by atoms with Gasteiger partial charge < -0.3 is 15.1 Å². The number of hydrogen-bond donors (Lipinski definition) is 2. The predicted octanol–water partition coefficient (Wildman–Crippen LogP) is 4.49. The molecule has 0 radical (unpaired) electrons. The Balaban J connectivity index is 3.28. The molecule has 3 heteroatoms. The summed E-state index contributed by atoms with van der Waals surface area (Å²) < 4.78 is 0. The fourth-order valence-electron chi connectivity index (χ4n) is 2.67. The van der Waals surface area contributed by atoms with Crippen LogP contribution in [0.25, 0.3) is 0 Å². The molecule has 0 aliphatic heterocycles. The van der Waals surface area contributed by atoms with Crippen LogP contribution in [0, 0.1) is 0 Å². The molecule has 0 aromatic carbocycles. The molecule has 0 rings (SSSR count). The molecule has 0 aliphatic rings. The van der Waals surface area contributed by atoms with Crippen LogP contribution in [0.2, 0.25) is 0 Å². The standard InChI is InChI=1S/C19H39NO2/c1-2-3-4-5-6-7-8-9-10-11-12-13-14-15-20(16-18-21)17-19-22/h14-15,21-22H,2-13,16-19H2,1H3/b15-14+. The summed E-state index contributed by atoms with van der Waals surface area (Å²) in [6.45, 7) is 3.77. The zero-order chi connectivity index (χ0) is 16.3. The van der Waals surface area contributed by atoms with E-state index in [0.717, 1.165) is 6.42 Å². The Bertz CT molecular complexity index is 225. The first-order chi connectivity index (χ1) is 10.8. The van der Waals surface area contributed by atoms with Gasteiger partial charge in [-0.15, -0.1) is 0 Å². The van der Waals surface area contributed by atoms with E-state index in [9.17, 15) is 0 Å². The van der Waals surface area contributed by atoms with Crippen LogP contribution in [0.4, 0.5) is 0 Å². The van der Waals surface area contributed by atoms with Crippen LogP contribution >= 0.6 is 0 Å². The Labute approximate surface area is 138 Å². The average molecular weight is 314 g/mol. The number of allylic oxidation sites excluding steroid dienone is 1. The van der Waals surface area contributed by atoms with Gasteiger partial charge >= 0.3 is 0 Å². The normalized spacial score (nSPS) is 11.4. The first-order valence-electron chi connectivity index (χ1n) is 9.47. The smallest absolute Gasteiger partial charge is 0.0606 e. The minimum absolute atomic E-state index is 0.142. The summed E-state index contributed by atoms with van der Waals surface area (Å²) in [5.41, 5.74) is 0. The lowest BCUT2D eigenvalue weighted by Gasteiger charge is -2.17. The van der Waals surface area contributed by atoms with Gasteiger partial charge in [0.2, 0.25) is 0 Å². The van der Waals surface area contributed by atoms with Crippen molar-refractivity contribution in [2.24, 2.45) is 0 Å². The van der Waals surface area contributed by atoms with Crippen molar-refractivity contribution in [3.05, 3.63) is 12.3 Å². The largest absolute Gasteiger partial charge is 0.395 e. The summed E-state index contributed by atoms with van der Waals surface area (Å²) in [5.74, 6) is 0. The van der Waals surface area contributed by atoms with E-state index < -0.39 is 0 Å². The Morgan fingerprint density at radius 1 is 0.682 bits per heavy atom. The number of hydrogen-bond acceptors (Lipinski definition) is 3. The maximum Gasteiger partial charge on any atom is 0.0606 e. The molecule has 0 aromatic rings. The van der Waals surface area contributed by atoms with Gasteiger partial charge in [-0.05, 0) is 19.0 Å². The van der Waals surface area contributed by atoms with Crippen molar-refractivity contribution >= 4 is 0 Å². The summed E-state index contributed by atoms with van der Waals surface area (Å²) >= 11 is 0.